The van der Waals surface area contributed by atoms with Gasteiger partial charge in [-0.05, 0) is 65.9 Å². The number of carbonyl (C=O) groups excluding carboxylic acids is 1. The molecule has 0 saturated heterocycles. The van der Waals surface area contributed by atoms with E-state index in [4.69, 9.17) is 21.1 Å². The number of halogens is 4. The second-order valence-corrected chi connectivity index (χ2v) is 8.60. The van der Waals surface area contributed by atoms with E-state index in [0.717, 1.165) is 28.8 Å². The van der Waals surface area contributed by atoms with Crippen molar-refractivity contribution in [3.63, 3.8) is 0 Å². The third-order valence-electron chi connectivity index (χ3n) is 5.89. The Labute approximate surface area is 213 Å². The molecule has 3 rings (SSSR count). The molecule has 9 heteroatoms. The first-order valence-electron chi connectivity index (χ1n) is 11.3. The van der Waals surface area contributed by atoms with E-state index in [1.54, 1.807) is 44.5 Å². The largest absolute Gasteiger partial charge is 0.493 e. The molecule has 0 aliphatic carbocycles. The number of aryl methyl sites for hydroxylation is 1. The molecule has 2 atom stereocenters. The quantitative estimate of drug-likeness (QED) is 0.338. The van der Waals surface area contributed by atoms with E-state index in [0.29, 0.717) is 29.4 Å². The van der Waals surface area contributed by atoms with Crippen LogP contribution in [0.2, 0.25) is 5.02 Å². The molecule has 0 saturated carbocycles. The number of methoxy groups -OCH3 is 2. The van der Waals surface area contributed by atoms with Crippen LogP contribution in [-0.4, -0.2) is 27.2 Å². The van der Waals surface area contributed by atoms with Crippen LogP contribution in [0.4, 0.5) is 13.2 Å². The van der Waals surface area contributed by atoms with Crippen LogP contribution >= 0.6 is 11.6 Å². The second-order valence-electron chi connectivity index (χ2n) is 8.17. The maximum Gasteiger partial charge on any atom is 0.416 e. The van der Waals surface area contributed by atoms with Crippen LogP contribution < -0.4 is 20.1 Å². The van der Waals surface area contributed by atoms with E-state index in [1.165, 1.54) is 19.2 Å². The lowest BCUT2D eigenvalue weighted by Gasteiger charge is -2.26. The lowest BCUT2D eigenvalue weighted by molar-refractivity contribution is -0.137. The molecule has 2 unspecified atom stereocenters. The van der Waals surface area contributed by atoms with Gasteiger partial charge in [-0.2, -0.15) is 13.2 Å². The highest BCUT2D eigenvalue weighted by Gasteiger charge is 2.30. The van der Waals surface area contributed by atoms with Crippen LogP contribution in [0.25, 0.3) is 0 Å². The van der Waals surface area contributed by atoms with Crippen molar-refractivity contribution >= 4 is 17.5 Å². The summed E-state index contributed by atoms with van der Waals surface area (Å²) in [5, 5.41) is 6.65. The molecule has 2 N–H and O–H groups in total. The molecule has 0 heterocycles. The standard InChI is InChI=1S/C27H28ClF3N2O3/c1-32-26(34)25(18-7-12-21(28)13-8-18)33-22(19-9-15-23(35-2)24(16-19)36-3)14-6-17-4-10-20(11-5-17)27(29,30)31/h4-5,7-13,15-16,22,25,33H,6,14H2,1-3H3,(H,32,34). The highest BCUT2D eigenvalue weighted by molar-refractivity contribution is 6.30. The van der Waals surface area contributed by atoms with Crippen LogP contribution in [0, 0.1) is 0 Å². The summed E-state index contributed by atoms with van der Waals surface area (Å²) in [7, 11) is 4.63. The van der Waals surface area contributed by atoms with E-state index in [1.807, 2.05) is 12.1 Å². The first kappa shape index (κ1) is 27.4. The SMILES string of the molecule is CNC(=O)C(NC(CCc1ccc(C(F)(F)F)cc1)c1ccc(OC)c(OC)c1)c1ccc(Cl)cc1. The van der Waals surface area contributed by atoms with Gasteiger partial charge in [0.25, 0.3) is 0 Å². The number of amides is 1. The Balaban J connectivity index is 1.93. The molecule has 0 aliphatic rings. The summed E-state index contributed by atoms with van der Waals surface area (Å²) in [4.78, 5) is 12.8. The molecule has 1 amide bonds. The number of nitrogens with one attached hydrogen (secondary N) is 2. The molecule has 3 aromatic rings. The van der Waals surface area contributed by atoms with Gasteiger partial charge in [-0.3, -0.25) is 10.1 Å². The van der Waals surface area contributed by atoms with Crippen LogP contribution in [0.1, 0.15) is 40.8 Å². The molecule has 36 heavy (non-hydrogen) atoms. The average molecular weight is 521 g/mol. The van der Waals surface area contributed by atoms with Gasteiger partial charge >= 0.3 is 6.18 Å². The summed E-state index contributed by atoms with van der Waals surface area (Å²) < 4.78 is 49.6. The van der Waals surface area contributed by atoms with Gasteiger partial charge in [-0.25, -0.2) is 0 Å². The topological polar surface area (TPSA) is 59.6 Å². The van der Waals surface area contributed by atoms with Crippen molar-refractivity contribution in [2.75, 3.05) is 21.3 Å². The van der Waals surface area contributed by atoms with Gasteiger partial charge in [-0.15, -0.1) is 0 Å². The fourth-order valence-corrected chi connectivity index (χ4v) is 4.04. The van der Waals surface area contributed by atoms with Crippen molar-refractivity contribution in [2.24, 2.45) is 0 Å². The fourth-order valence-electron chi connectivity index (χ4n) is 3.91. The molecule has 0 bridgehead atoms. The molecule has 0 spiro atoms. The first-order chi connectivity index (χ1) is 17.2. The van der Waals surface area contributed by atoms with Crippen molar-refractivity contribution in [3.05, 3.63) is 94.0 Å². The number of benzene rings is 3. The number of carbonyl (C=O) groups is 1. The van der Waals surface area contributed by atoms with E-state index >= 15 is 0 Å². The molecule has 0 aliphatic heterocycles. The zero-order chi connectivity index (χ0) is 26.3. The maximum absolute atomic E-state index is 12.9. The Morgan fingerprint density at radius 1 is 0.917 bits per heavy atom. The maximum atomic E-state index is 12.9. The van der Waals surface area contributed by atoms with Gasteiger partial charge < -0.3 is 14.8 Å². The van der Waals surface area contributed by atoms with E-state index < -0.39 is 17.8 Å². The minimum Gasteiger partial charge on any atom is -0.493 e. The third kappa shape index (κ3) is 6.92. The molecular formula is C27H28ClF3N2O3. The minimum atomic E-state index is -4.39. The number of likely N-dealkylation sites (N-methyl/N-ethyl adjacent to an activating group) is 1. The smallest absolute Gasteiger partial charge is 0.416 e. The number of rotatable bonds is 10. The minimum absolute atomic E-state index is 0.239. The summed E-state index contributed by atoms with van der Waals surface area (Å²) in [5.41, 5.74) is 1.61. The zero-order valence-electron chi connectivity index (χ0n) is 20.2. The molecule has 0 fully saturated rings. The summed E-state index contributed by atoms with van der Waals surface area (Å²) >= 11 is 6.03. The molecule has 0 aromatic heterocycles. The van der Waals surface area contributed by atoms with Crippen molar-refractivity contribution in [2.45, 2.75) is 31.1 Å². The molecule has 0 radical (unpaired) electrons. The summed E-state index contributed by atoms with van der Waals surface area (Å²) in [5.74, 6) is 0.847. The predicted molar refractivity (Wildman–Crippen MR) is 133 cm³/mol. The number of alkyl halides is 3. The van der Waals surface area contributed by atoms with Crippen molar-refractivity contribution in [1.29, 1.82) is 0 Å². The lowest BCUT2D eigenvalue weighted by atomic mass is 9.95. The highest BCUT2D eigenvalue weighted by Crippen LogP contribution is 2.33. The molecule has 3 aromatic carbocycles. The number of ether oxygens (including phenoxy) is 2. The summed E-state index contributed by atoms with van der Waals surface area (Å²) in [6.45, 7) is 0. The van der Waals surface area contributed by atoms with Crippen molar-refractivity contribution in [3.8, 4) is 11.5 Å². The summed E-state index contributed by atoms with van der Waals surface area (Å²) in [6.07, 6.45) is -3.41. The Bertz CT molecular complexity index is 1150. The van der Waals surface area contributed by atoms with Gasteiger partial charge in [0, 0.05) is 18.1 Å². The molecular weight excluding hydrogens is 493 g/mol. The van der Waals surface area contributed by atoms with E-state index in [2.05, 4.69) is 10.6 Å². The number of hydrogen-bond acceptors (Lipinski definition) is 4. The van der Waals surface area contributed by atoms with Crippen molar-refractivity contribution < 1.29 is 27.4 Å². The highest BCUT2D eigenvalue weighted by atomic mass is 35.5. The van der Waals surface area contributed by atoms with Gasteiger partial charge in [0.05, 0.1) is 19.8 Å². The Kier molecular flexibility index (Phi) is 9.23. The van der Waals surface area contributed by atoms with Gasteiger partial charge in [0.15, 0.2) is 11.5 Å². The van der Waals surface area contributed by atoms with Crippen LogP contribution in [0.15, 0.2) is 66.7 Å². The van der Waals surface area contributed by atoms with Crippen molar-refractivity contribution in [1.82, 2.24) is 10.6 Å². The normalized spacial score (nSPS) is 13.1. The van der Waals surface area contributed by atoms with Gasteiger partial charge in [0.2, 0.25) is 5.91 Å². The second kappa shape index (κ2) is 12.1. The van der Waals surface area contributed by atoms with E-state index in [-0.39, 0.29) is 11.9 Å². The Morgan fingerprint density at radius 3 is 2.08 bits per heavy atom. The lowest BCUT2D eigenvalue weighted by Crippen LogP contribution is -2.38. The van der Waals surface area contributed by atoms with E-state index in [9.17, 15) is 18.0 Å². The monoisotopic (exact) mass is 520 g/mol. The Morgan fingerprint density at radius 2 is 1.53 bits per heavy atom. The Hall–Kier alpha value is -3.23. The summed E-state index contributed by atoms with van der Waals surface area (Å²) in [6, 6.07) is 16.5. The fraction of sp³-hybridized carbons (Fsp3) is 0.296. The molecule has 5 nitrogen and oxygen atoms in total. The van der Waals surface area contributed by atoms with Crippen LogP contribution in [0.5, 0.6) is 11.5 Å². The van der Waals surface area contributed by atoms with Gasteiger partial charge in [0.1, 0.15) is 6.04 Å². The molecule has 192 valence electrons. The predicted octanol–water partition coefficient (Wildman–Crippen LogP) is 6.13. The van der Waals surface area contributed by atoms with Crippen LogP contribution in [-0.2, 0) is 17.4 Å². The average Bonchev–Trinajstić information content (AvgIpc) is 2.88. The van der Waals surface area contributed by atoms with Crippen LogP contribution in [0.3, 0.4) is 0 Å². The first-order valence-corrected chi connectivity index (χ1v) is 11.6. The third-order valence-corrected chi connectivity index (χ3v) is 6.14. The number of hydrogen-bond donors (Lipinski definition) is 2. The zero-order valence-corrected chi connectivity index (χ0v) is 20.9. The van der Waals surface area contributed by atoms with Gasteiger partial charge in [-0.1, -0.05) is 41.9 Å².